The van der Waals surface area contributed by atoms with Gasteiger partial charge in [-0.3, -0.25) is 14.4 Å². The second-order valence-corrected chi connectivity index (χ2v) is 8.02. The SMILES string of the molecule is CC(=O)Oc1ccc(C[C@H](N)C(=O)O[C@@H](C)[C@H](C)OC(=O)OCCC(C)C)cc1OC(C)=O. The molecule has 0 unspecified atom stereocenters. The van der Waals surface area contributed by atoms with E-state index < -0.39 is 42.3 Å². The molecule has 2 N–H and O–H groups in total. The highest BCUT2D eigenvalue weighted by molar-refractivity contribution is 5.76. The molecule has 1 rings (SSSR count). The maximum atomic E-state index is 12.4. The van der Waals surface area contributed by atoms with E-state index >= 15 is 0 Å². The normalized spacial score (nSPS) is 13.5. The van der Waals surface area contributed by atoms with Crippen LogP contribution in [0.25, 0.3) is 0 Å². The predicted molar refractivity (Wildman–Crippen MR) is 118 cm³/mol. The first-order valence-electron chi connectivity index (χ1n) is 10.7. The van der Waals surface area contributed by atoms with Gasteiger partial charge in [0.2, 0.25) is 0 Å². The van der Waals surface area contributed by atoms with Crippen LogP contribution in [0.1, 0.15) is 53.5 Å². The molecule has 0 aliphatic carbocycles. The van der Waals surface area contributed by atoms with Crippen molar-refractivity contribution < 1.29 is 42.9 Å². The van der Waals surface area contributed by atoms with E-state index in [1.807, 2.05) is 13.8 Å². The summed E-state index contributed by atoms with van der Waals surface area (Å²) in [7, 11) is 0. The van der Waals surface area contributed by atoms with Gasteiger partial charge in [-0.05, 0) is 50.3 Å². The van der Waals surface area contributed by atoms with Crippen LogP contribution in [0.15, 0.2) is 18.2 Å². The number of hydrogen-bond donors (Lipinski definition) is 1. The zero-order valence-electron chi connectivity index (χ0n) is 19.9. The summed E-state index contributed by atoms with van der Waals surface area (Å²) in [5.41, 5.74) is 6.52. The molecular formula is C23H33NO9. The van der Waals surface area contributed by atoms with Gasteiger partial charge in [-0.15, -0.1) is 0 Å². The number of esters is 3. The zero-order chi connectivity index (χ0) is 25.1. The fourth-order valence-electron chi connectivity index (χ4n) is 2.52. The van der Waals surface area contributed by atoms with Crippen LogP contribution in [-0.2, 0) is 35.0 Å². The average Bonchev–Trinajstić information content (AvgIpc) is 2.68. The minimum atomic E-state index is -1.04. The molecule has 0 heterocycles. The van der Waals surface area contributed by atoms with Crippen molar-refractivity contribution in [2.24, 2.45) is 11.7 Å². The zero-order valence-corrected chi connectivity index (χ0v) is 19.9. The summed E-state index contributed by atoms with van der Waals surface area (Å²) in [6, 6.07) is 3.44. The van der Waals surface area contributed by atoms with Crippen molar-refractivity contribution in [3.8, 4) is 11.5 Å². The molecule has 3 atom stereocenters. The number of hydrogen-bond acceptors (Lipinski definition) is 10. The first kappa shape index (κ1) is 27.9. The lowest BCUT2D eigenvalue weighted by molar-refractivity contribution is -0.155. The highest BCUT2D eigenvalue weighted by Crippen LogP contribution is 2.29. The van der Waals surface area contributed by atoms with Crippen LogP contribution in [0.5, 0.6) is 11.5 Å². The van der Waals surface area contributed by atoms with Gasteiger partial charge in [0, 0.05) is 13.8 Å². The molecule has 0 saturated heterocycles. The molecule has 0 aromatic heterocycles. The first-order chi connectivity index (χ1) is 15.4. The van der Waals surface area contributed by atoms with E-state index in [9.17, 15) is 19.2 Å². The molecule has 1 aromatic carbocycles. The molecule has 0 radical (unpaired) electrons. The van der Waals surface area contributed by atoms with Crippen LogP contribution in [-0.4, -0.2) is 48.9 Å². The van der Waals surface area contributed by atoms with Gasteiger partial charge >= 0.3 is 24.1 Å². The fourth-order valence-corrected chi connectivity index (χ4v) is 2.52. The van der Waals surface area contributed by atoms with Crippen LogP contribution in [0.2, 0.25) is 0 Å². The van der Waals surface area contributed by atoms with Gasteiger partial charge in [-0.2, -0.15) is 0 Å². The molecule has 10 heteroatoms. The summed E-state index contributed by atoms with van der Waals surface area (Å²) in [6.07, 6.45) is -1.56. The molecule has 0 aliphatic rings. The molecule has 33 heavy (non-hydrogen) atoms. The second-order valence-electron chi connectivity index (χ2n) is 8.02. The summed E-state index contributed by atoms with van der Waals surface area (Å²) >= 11 is 0. The van der Waals surface area contributed by atoms with Gasteiger partial charge < -0.3 is 29.4 Å². The lowest BCUT2D eigenvalue weighted by Crippen LogP contribution is -2.39. The third kappa shape index (κ3) is 10.8. The quantitative estimate of drug-likeness (QED) is 0.381. The molecule has 0 fully saturated rings. The standard InChI is InChI=1S/C23H33NO9/c1-13(2)9-10-29-23(28)31-15(4)14(3)30-22(27)19(24)11-18-7-8-20(32-16(5)25)21(12-18)33-17(6)26/h7-8,12-15,19H,9-11,24H2,1-6H3/t14-,15-,19-/m0/s1. The maximum absolute atomic E-state index is 12.4. The Morgan fingerprint density at radius 2 is 1.45 bits per heavy atom. The minimum absolute atomic E-state index is 0.0298. The van der Waals surface area contributed by atoms with Crippen LogP contribution >= 0.6 is 0 Å². The molecular weight excluding hydrogens is 434 g/mol. The first-order valence-corrected chi connectivity index (χ1v) is 10.7. The summed E-state index contributed by atoms with van der Waals surface area (Å²) in [6.45, 7) is 9.83. The molecule has 184 valence electrons. The van der Waals surface area contributed by atoms with Crippen LogP contribution in [0.3, 0.4) is 0 Å². The Morgan fingerprint density at radius 3 is 2.03 bits per heavy atom. The van der Waals surface area contributed by atoms with Crippen molar-refractivity contribution >= 4 is 24.1 Å². The number of benzene rings is 1. The number of rotatable bonds is 11. The molecule has 0 aliphatic heterocycles. The summed E-state index contributed by atoms with van der Waals surface area (Å²) in [5.74, 6) is -1.40. The van der Waals surface area contributed by atoms with Gasteiger partial charge in [0.1, 0.15) is 18.2 Å². The lowest BCUT2D eigenvalue weighted by atomic mass is 10.1. The lowest BCUT2D eigenvalue weighted by Gasteiger charge is -2.22. The average molecular weight is 468 g/mol. The van der Waals surface area contributed by atoms with Gasteiger partial charge in [0.05, 0.1) is 6.61 Å². The second kappa shape index (κ2) is 13.4. The van der Waals surface area contributed by atoms with Crippen LogP contribution in [0.4, 0.5) is 4.79 Å². The van der Waals surface area contributed by atoms with E-state index in [0.29, 0.717) is 17.9 Å². The molecule has 10 nitrogen and oxygen atoms in total. The fraction of sp³-hybridized carbons (Fsp3) is 0.565. The van der Waals surface area contributed by atoms with E-state index in [0.717, 1.165) is 0 Å². The summed E-state index contributed by atoms with van der Waals surface area (Å²) in [5, 5.41) is 0. The Balaban J connectivity index is 2.67. The van der Waals surface area contributed by atoms with Crippen molar-refractivity contribution in [1.29, 1.82) is 0 Å². The maximum Gasteiger partial charge on any atom is 0.508 e. The van der Waals surface area contributed by atoms with Crippen LogP contribution in [0, 0.1) is 5.92 Å². The van der Waals surface area contributed by atoms with Crippen LogP contribution < -0.4 is 15.2 Å². The van der Waals surface area contributed by atoms with Crippen molar-refractivity contribution in [2.75, 3.05) is 6.61 Å². The summed E-state index contributed by atoms with van der Waals surface area (Å²) < 4.78 is 25.5. The third-order valence-corrected chi connectivity index (χ3v) is 4.43. The van der Waals surface area contributed by atoms with E-state index in [-0.39, 0.29) is 24.5 Å². The monoisotopic (exact) mass is 467 g/mol. The van der Waals surface area contributed by atoms with Gasteiger partial charge in [-0.1, -0.05) is 19.9 Å². The number of nitrogens with two attached hydrogens (primary N) is 1. The number of ether oxygens (including phenoxy) is 5. The Labute approximate surface area is 193 Å². The minimum Gasteiger partial charge on any atom is -0.458 e. The molecule has 0 bridgehead atoms. The topological polar surface area (TPSA) is 140 Å². The van der Waals surface area contributed by atoms with E-state index in [4.69, 9.17) is 29.4 Å². The summed E-state index contributed by atoms with van der Waals surface area (Å²) in [4.78, 5) is 46.7. The Hall–Kier alpha value is -3.14. The van der Waals surface area contributed by atoms with Gasteiger partial charge in [0.25, 0.3) is 0 Å². The third-order valence-electron chi connectivity index (χ3n) is 4.43. The Morgan fingerprint density at radius 1 is 0.879 bits per heavy atom. The Kier molecular flexibility index (Phi) is 11.3. The molecule has 0 spiro atoms. The largest absolute Gasteiger partial charge is 0.508 e. The van der Waals surface area contributed by atoms with E-state index in [1.54, 1.807) is 19.9 Å². The molecule has 0 amide bonds. The Bertz CT molecular complexity index is 837. The van der Waals surface area contributed by atoms with Crippen molar-refractivity contribution in [1.82, 2.24) is 0 Å². The highest BCUT2D eigenvalue weighted by Gasteiger charge is 2.25. The number of carbonyl (C=O) groups is 4. The molecule has 0 saturated carbocycles. The van der Waals surface area contributed by atoms with Crippen molar-refractivity contribution in [2.45, 2.75) is 72.6 Å². The smallest absolute Gasteiger partial charge is 0.458 e. The van der Waals surface area contributed by atoms with Gasteiger partial charge in [-0.25, -0.2) is 4.79 Å². The van der Waals surface area contributed by atoms with E-state index in [2.05, 4.69) is 0 Å². The van der Waals surface area contributed by atoms with Crippen molar-refractivity contribution in [3.05, 3.63) is 23.8 Å². The van der Waals surface area contributed by atoms with E-state index in [1.165, 1.54) is 26.0 Å². The highest BCUT2D eigenvalue weighted by atomic mass is 16.7. The predicted octanol–water partition coefficient (Wildman–Crippen LogP) is 2.93. The van der Waals surface area contributed by atoms with Crippen molar-refractivity contribution in [3.63, 3.8) is 0 Å². The molecule has 1 aromatic rings. The number of carbonyl (C=O) groups excluding carboxylic acids is 4. The van der Waals surface area contributed by atoms with Gasteiger partial charge in [0.15, 0.2) is 11.5 Å².